The number of carbonyl (C=O) groups is 4. The Bertz CT molecular complexity index is 1330. The summed E-state index contributed by atoms with van der Waals surface area (Å²) in [6, 6.07) is 7.02. The van der Waals surface area contributed by atoms with Crippen LogP contribution in [0.3, 0.4) is 0 Å². The zero-order valence-corrected chi connectivity index (χ0v) is 26.5. The zero-order valence-electron chi connectivity index (χ0n) is 25.7. The maximum atomic E-state index is 12.6. The van der Waals surface area contributed by atoms with Gasteiger partial charge in [0.1, 0.15) is 5.60 Å². The van der Waals surface area contributed by atoms with Gasteiger partial charge in [-0.15, -0.1) is 11.3 Å². The lowest BCUT2D eigenvalue weighted by Crippen LogP contribution is -2.43. The Kier molecular flexibility index (Phi) is 11.1. The van der Waals surface area contributed by atoms with Crippen LogP contribution in [0.25, 0.3) is 0 Å². The number of hydrogen-bond donors (Lipinski definition) is 2. The predicted octanol–water partition coefficient (Wildman–Crippen LogP) is 5.12. The lowest BCUT2D eigenvalue weighted by Gasteiger charge is -2.29. The van der Waals surface area contributed by atoms with E-state index in [4.69, 9.17) is 19.3 Å². The summed E-state index contributed by atoms with van der Waals surface area (Å²) in [7, 11) is 0. The summed E-state index contributed by atoms with van der Waals surface area (Å²) in [4.78, 5) is 53.9. The molecule has 2 N–H and O–H groups in total. The van der Waals surface area contributed by atoms with Gasteiger partial charge in [-0.3, -0.25) is 4.79 Å². The van der Waals surface area contributed by atoms with E-state index in [1.54, 1.807) is 53.2 Å². The molecule has 0 saturated heterocycles. The third-order valence-electron chi connectivity index (χ3n) is 7.23. The highest BCUT2D eigenvalue weighted by molar-refractivity contribution is 7.12. The molecule has 11 nitrogen and oxygen atoms in total. The highest BCUT2D eigenvalue weighted by Gasteiger charge is 2.38. The highest BCUT2D eigenvalue weighted by Crippen LogP contribution is 2.35. The fraction of sp³-hybridized carbons (Fsp3) is 0.548. The van der Waals surface area contributed by atoms with Crippen molar-refractivity contribution in [1.82, 2.24) is 9.80 Å². The Morgan fingerprint density at radius 3 is 2.33 bits per heavy atom. The first kappa shape index (κ1) is 33.7. The van der Waals surface area contributed by atoms with Crippen molar-refractivity contribution in [3.63, 3.8) is 0 Å². The molecule has 43 heavy (non-hydrogen) atoms. The van der Waals surface area contributed by atoms with E-state index in [1.165, 1.54) is 11.8 Å². The Labute approximate surface area is 256 Å². The molecule has 12 heteroatoms. The average molecular weight is 619 g/mol. The van der Waals surface area contributed by atoms with Crippen molar-refractivity contribution >= 4 is 35.3 Å². The number of carboxylic acids is 2. The molecule has 0 atom stereocenters. The van der Waals surface area contributed by atoms with Crippen molar-refractivity contribution in [2.45, 2.75) is 91.5 Å². The van der Waals surface area contributed by atoms with Gasteiger partial charge in [0.05, 0.1) is 13.1 Å². The van der Waals surface area contributed by atoms with Crippen LogP contribution >= 0.6 is 11.3 Å². The Hall–Kier alpha value is -3.80. The minimum Gasteiger partial charge on any atom is -0.479 e. The number of benzene rings is 1. The van der Waals surface area contributed by atoms with Crippen LogP contribution in [0.5, 0.6) is 11.5 Å². The normalized spacial score (nSPS) is 13.2. The monoisotopic (exact) mass is 618 g/mol. The van der Waals surface area contributed by atoms with Gasteiger partial charge in [-0.1, -0.05) is 19.9 Å². The summed E-state index contributed by atoms with van der Waals surface area (Å²) in [6.07, 6.45) is 1.26. The third-order valence-corrected chi connectivity index (χ3v) is 8.45. The molecule has 1 aromatic carbocycles. The summed E-state index contributed by atoms with van der Waals surface area (Å²) in [5.41, 5.74) is -0.207. The summed E-state index contributed by atoms with van der Waals surface area (Å²) in [5.74, 6) is -2.12. The molecule has 0 bridgehead atoms. The Morgan fingerprint density at radius 2 is 1.74 bits per heavy atom. The minimum atomic E-state index is -1.47. The molecule has 0 unspecified atom stereocenters. The van der Waals surface area contributed by atoms with Crippen molar-refractivity contribution in [2.75, 3.05) is 19.7 Å². The molecule has 236 valence electrons. The molecule has 0 aliphatic carbocycles. The van der Waals surface area contributed by atoms with Crippen LogP contribution in [0.4, 0.5) is 4.79 Å². The number of ether oxygens (including phenoxy) is 3. The van der Waals surface area contributed by atoms with E-state index < -0.39 is 29.7 Å². The summed E-state index contributed by atoms with van der Waals surface area (Å²) >= 11 is 1.64. The molecular weight excluding hydrogens is 576 g/mol. The summed E-state index contributed by atoms with van der Waals surface area (Å²) in [5, 5.41) is 18.9. The molecule has 1 aromatic heterocycles. The van der Waals surface area contributed by atoms with Crippen molar-refractivity contribution < 1.29 is 43.6 Å². The lowest BCUT2D eigenvalue weighted by atomic mass is 9.97. The van der Waals surface area contributed by atoms with Gasteiger partial charge in [-0.25, -0.2) is 14.4 Å². The Balaban J connectivity index is 1.72. The number of carbonyl (C=O) groups excluding carboxylic acids is 2. The van der Waals surface area contributed by atoms with Crippen molar-refractivity contribution in [3.8, 4) is 11.5 Å². The number of aliphatic carboxylic acids is 2. The van der Waals surface area contributed by atoms with Gasteiger partial charge in [0.15, 0.2) is 18.1 Å². The first-order valence-corrected chi connectivity index (χ1v) is 15.2. The van der Waals surface area contributed by atoms with Crippen LogP contribution < -0.4 is 9.47 Å². The van der Waals surface area contributed by atoms with Crippen molar-refractivity contribution in [1.29, 1.82) is 0 Å². The highest BCUT2D eigenvalue weighted by atomic mass is 32.1. The number of carboxylic acid groups (broad SMARTS) is 2. The second kappa shape index (κ2) is 14.1. The van der Waals surface area contributed by atoms with Crippen LogP contribution in [0.1, 0.15) is 75.3 Å². The van der Waals surface area contributed by atoms with Crippen LogP contribution in [-0.4, -0.2) is 74.9 Å². The maximum absolute atomic E-state index is 12.6. The minimum absolute atomic E-state index is 0.0961. The fourth-order valence-corrected chi connectivity index (χ4v) is 5.94. The predicted molar refractivity (Wildman–Crippen MR) is 161 cm³/mol. The molecule has 1 aliphatic heterocycles. The quantitative estimate of drug-likeness (QED) is 0.313. The van der Waals surface area contributed by atoms with E-state index >= 15 is 0 Å². The SMILES string of the molecule is CCC(CC)(Oc1ccc(CCN(Cc2cc3c(s2)CCN(C(=O)OC(C)(C)C)C3)C(C)=O)cc1OCC(=O)O)C(=O)O. The van der Waals surface area contributed by atoms with Gasteiger partial charge in [0, 0.05) is 29.8 Å². The third kappa shape index (κ3) is 9.09. The smallest absolute Gasteiger partial charge is 0.410 e. The number of rotatable bonds is 13. The van der Waals surface area contributed by atoms with Gasteiger partial charge >= 0.3 is 18.0 Å². The molecule has 3 rings (SSSR count). The first-order valence-electron chi connectivity index (χ1n) is 14.4. The van der Waals surface area contributed by atoms with Gasteiger partial charge in [-0.2, -0.15) is 0 Å². The lowest BCUT2D eigenvalue weighted by molar-refractivity contribution is -0.156. The van der Waals surface area contributed by atoms with Crippen molar-refractivity contribution in [3.05, 3.63) is 45.1 Å². The molecule has 1 aliphatic rings. The first-order chi connectivity index (χ1) is 20.2. The van der Waals surface area contributed by atoms with E-state index in [-0.39, 0.29) is 36.3 Å². The molecule has 0 spiro atoms. The van der Waals surface area contributed by atoms with Gasteiger partial charge in [0.2, 0.25) is 11.5 Å². The van der Waals surface area contributed by atoms with E-state index in [1.807, 2.05) is 26.8 Å². The van der Waals surface area contributed by atoms with E-state index in [0.29, 0.717) is 32.6 Å². The average Bonchev–Trinajstić information content (AvgIpc) is 3.34. The largest absolute Gasteiger partial charge is 0.479 e. The molecule has 0 saturated carbocycles. The number of amides is 2. The van der Waals surface area contributed by atoms with Crippen LogP contribution in [0.2, 0.25) is 0 Å². The van der Waals surface area contributed by atoms with Gasteiger partial charge in [-0.05, 0) is 75.8 Å². The van der Waals surface area contributed by atoms with Gasteiger partial charge < -0.3 is 34.2 Å². The number of hydrogen-bond acceptors (Lipinski definition) is 8. The molecular formula is C31H42N2O9S. The van der Waals surface area contributed by atoms with Crippen LogP contribution in [0, 0.1) is 0 Å². The summed E-state index contributed by atoms with van der Waals surface area (Å²) < 4.78 is 16.9. The number of nitrogens with zero attached hydrogens (tertiary/aromatic N) is 2. The topological polar surface area (TPSA) is 143 Å². The fourth-order valence-electron chi connectivity index (χ4n) is 4.75. The van der Waals surface area contributed by atoms with Crippen LogP contribution in [-0.2, 0) is 45.1 Å². The second-order valence-electron chi connectivity index (χ2n) is 11.6. The molecule has 2 aromatic rings. The Morgan fingerprint density at radius 1 is 1.05 bits per heavy atom. The van der Waals surface area contributed by atoms with E-state index in [9.17, 15) is 24.3 Å². The van der Waals surface area contributed by atoms with Gasteiger partial charge in [0.25, 0.3) is 0 Å². The second-order valence-corrected chi connectivity index (χ2v) is 12.8. The molecule has 2 amide bonds. The molecule has 2 heterocycles. The molecule has 0 radical (unpaired) electrons. The van der Waals surface area contributed by atoms with Crippen LogP contribution in [0.15, 0.2) is 24.3 Å². The number of thiophene rings is 1. The number of fused-ring (bicyclic) bond motifs is 1. The van der Waals surface area contributed by atoms with Crippen molar-refractivity contribution in [2.24, 2.45) is 0 Å². The molecule has 0 fully saturated rings. The summed E-state index contributed by atoms with van der Waals surface area (Å²) in [6.45, 7) is 11.7. The van der Waals surface area contributed by atoms with E-state index in [2.05, 4.69) is 0 Å². The zero-order chi connectivity index (χ0) is 31.9. The standard InChI is InChI=1S/C31H42N2O9S/c1-7-31(8-2,28(37)38)41-24-10-9-21(15-25(24)40-19-27(35)36)11-13-32(20(3)34)18-23-16-22-17-33(14-12-26(22)43-23)29(39)42-30(4,5)6/h9-10,15-16H,7-8,11-14,17-19H2,1-6H3,(H,35,36)(H,37,38). The van der Waals surface area contributed by atoms with E-state index in [0.717, 1.165) is 22.4 Å². The maximum Gasteiger partial charge on any atom is 0.410 e.